The van der Waals surface area contributed by atoms with Gasteiger partial charge in [0.05, 0.1) is 12.7 Å². The number of nitrogens with one attached hydrogen (secondary N) is 1. The first-order valence-electron chi connectivity index (χ1n) is 12.8. The van der Waals surface area contributed by atoms with Crippen LogP contribution in [0.1, 0.15) is 42.3 Å². The van der Waals surface area contributed by atoms with Crippen LogP contribution in [-0.4, -0.2) is 38.4 Å². The summed E-state index contributed by atoms with van der Waals surface area (Å²) in [7, 11) is 1.28. The van der Waals surface area contributed by atoms with Crippen LogP contribution in [0.4, 0.5) is 5.00 Å². The predicted octanol–water partition coefficient (Wildman–Crippen LogP) is 6.19. The number of benzene rings is 3. The molecule has 1 aromatic heterocycles. The van der Waals surface area contributed by atoms with Crippen molar-refractivity contribution in [1.29, 1.82) is 0 Å². The number of amides is 1. The fourth-order valence-electron chi connectivity index (χ4n) is 4.33. The van der Waals surface area contributed by atoms with Crippen molar-refractivity contribution < 1.29 is 38.1 Å². The first-order valence-corrected chi connectivity index (χ1v) is 14.0. The van der Waals surface area contributed by atoms with E-state index < -0.39 is 24.5 Å². The van der Waals surface area contributed by atoms with E-state index in [0.717, 1.165) is 16.0 Å². The molecule has 1 aliphatic heterocycles. The number of ether oxygens (including phenoxy) is 5. The predicted molar refractivity (Wildman–Crippen MR) is 157 cm³/mol. The van der Waals surface area contributed by atoms with E-state index in [1.807, 2.05) is 37.3 Å². The van der Waals surface area contributed by atoms with Gasteiger partial charge in [-0.3, -0.25) is 4.79 Å². The van der Waals surface area contributed by atoms with E-state index in [-0.39, 0.29) is 24.5 Å². The Balaban J connectivity index is 1.25. The Kier molecular flexibility index (Phi) is 8.94. The first kappa shape index (κ1) is 29.0. The van der Waals surface area contributed by atoms with Crippen LogP contribution in [0.15, 0.2) is 66.7 Å². The van der Waals surface area contributed by atoms with Gasteiger partial charge in [-0.05, 0) is 66.4 Å². The van der Waals surface area contributed by atoms with E-state index >= 15 is 0 Å². The van der Waals surface area contributed by atoms with Crippen molar-refractivity contribution in [2.45, 2.75) is 20.0 Å². The smallest absolute Gasteiger partial charge is 0.342 e. The maximum Gasteiger partial charge on any atom is 0.342 e. The van der Waals surface area contributed by atoms with E-state index in [4.69, 9.17) is 35.3 Å². The second-order valence-corrected chi connectivity index (χ2v) is 10.9. The van der Waals surface area contributed by atoms with Gasteiger partial charge in [-0.1, -0.05) is 41.9 Å². The summed E-state index contributed by atoms with van der Waals surface area (Å²) >= 11 is 7.17. The van der Waals surface area contributed by atoms with Crippen LogP contribution in [0.5, 0.6) is 17.2 Å². The highest BCUT2D eigenvalue weighted by molar-refractivity contribution is 7.16. The number of hydrogen-bond acceptors (Lipinski definition) is 9. The Bertz CT molecular complexity index is 1630. The molecule has 5 rings (SSSR count). The van der Waals surface area contributed by atoms with Gasteiger partial charge in [-0.2, -0.15) is 0 Å². The molecule has 1 aliphatic rings. The van der Waals surface area contributed by atoms with E-state index in [2.05, 4.69) is 5.32 Å². The third-order valence-electron chi connectivity index (χ3n) is 6.42. The molecule has 9 nitrogen and oxygen atoms in total. The van der Waals surface area contributed by atoms with Gasteiger partial charge >= 0.3 is 11.9 Å². The number of carbonyl (C=O) groups is 3. The van der Waals surface area contributed by atoms with Crippen LogP contribution in [-0.2, 0) is 27.3 Å². The second kappa shape index (κ2) is 13.0. The molecule has 0 aliphatic carbocycles. The number of methoxy groups -OCH3 is 1. The minimum atomic E-state index is -0.726. The van der Waals surface area contributed by atoms with Crippen LogP contribution in [0.2, 0.25) is 5.02 Å². The molecule has 11 heteroatoms. The molecule has 42 heavy (non-hydrogen) atoms. The van der Waals surface area contributed by atoms with Gasteiger partial charge in [0.1, 0.15) is 22.9 Å². The van der Waals surface area contributed by atoms with Gasteiger partial charge in [0.15, 0.2) is 18.1 Å². The molecule has 1 N–H and O–H groups in total. The molecule has 216 valence electrons. The van der Waals surface area contributed by atoms with Gasteiger partial charge in [0.2, 0.25) is 6.79 Å². The Morgan fingerprint density at radius 1 is 0.952 bits per heavy atom. The monoisotopic (exact) mass is 607 g/mol. The largest absolute Gasteiger partial charge is 0.488 e. The van der Waals surface area contributed by atoms with Crippen molar-refractivity contribution in [2.24, 2.45) is 0 Å². The summed E-state index contributed by atoms with van der Waals surface area (Å²) in [5.41, 5.74) is 2.90. The molecule has 2 heterocycles. The number of fused-ring (bicyclic) bond motifs is 1. The molecule has 0 saturated heterocycles. The number of para-hydroxylation sites is 1. The maximum absolute atomic E-state index is 12.9. The lowest BCUT2D eigenvalue weighted by Gasteiger charge is -2.12. The molecule has 0 bridgehead atoms. The van der Waals surface area contributed by atoms with Crippen molar-refractivity contribution >= 4 is 45.8 Å². The number of halogens is 1. The average Bonchev–Trinajstić information content (AvgIpc) is 3.58. The SMILES string of the molecule is COC(=O)c1c(NC(=O)COC(=O)c2ccccc2OCc2ccc(Cl)cc2)sc(C)c1Cc1ccc2c(c1)OCO2. The standard InChI is InChI=1S/C31H26ClNO8S/c1-18-23(13-20-9-12-25-26(14-20)41-17-40-25)28(31(36)37-2)29(42-18)33-27(34)16-39-30(35)22-5-3-4-6-24(22)38-15-19-7-10-21(32)11-8-19/h3-12,14H,13,15-17H2,1-2H3,(H,33,34). The number of esters is 2. The summed E-state index contributed by atoms with van der Waals surface area (Å²) in [4.78, 5) is 39.3. The number of carbonyl (C=O) groups excluding carboxylic acids is 3. The Morgan fingerprint density at radius 2 is 1.69 bits per heavy atom. The fraction of sp³-hybridized carbons (Fsp3) is 0.194. The Labute approximate surface area is 250 Å². The number of thiophene rings is 1. The number of aryl methyl sites for hydroxylation is 1. The third kappa shape index (κ3) is 6.67. The lowest BCUT2D eigenvalue weighted by Crippen LogP contribution is -2.22. The minimum Gasteiger partial charge on any atom is -0.488 e. The molecular formula is C31H26ClNO8S. The normalized spacial score (nSPS) is 11.6. The number of rotatable bonds is 10. The Hall–Kier alpha value is -4.54. The van der Waals surface area contributed by atoms with Crippen LogP contribution in [0.25, 0.3) is 0 Å². The molecule has 1 amide bonds. The second-order valence-electron chi connectivity index (χ2n) is 9.23. The van der Waals surface area contributed by atoms with E-state index in [1.165, 1.54) is 18.4 Å². The summed E-state index contributed by atoms with van der Waals surface area (Å²) in [6.07, 6.45) is 0.404. The molecule has 3 aromatic carbocycles. The molecule has 4 aromatic rings. The zero-order valence-corrected chi connectivity index (χ0v) is 24.3. The van der Waals surface area contributed by atoms with Crippen molar-refractivity contribution in [3.63, 3.8) is 0 Å². The van der Waals surface area contributed by atoms with Crippen LogP contribution in [0.3, 0.4) is 0 Å². The van der Waals surface area contributed by atoms with Crippen molar-refractivity contribution in [1.82, 2.24) is 0 Å². The molecule has 0 atom stereocenters. The van der Waals surface area contributed by atoms with E-state index in [0.29, 0.717) is 39.3 Å². The lowest BCUT2D eigenvalue weighted by molar-refractivity contribution is -0.119. The minimum absolute atomic E-state index is 0.159. The zero-order chi connectivity index (χ0) is 29.6. The molecule has 0 radical (unpaired) electrons. The molecule has 0 saturated carbocycles. The van der Waals surface area contributed by atoms with E-state index in [9.17, 15) is 14.4 Å². The highest BCUT2D eigenvalue weighted by Gasteiger charge is 2.25. The van der Waals surface area contributed by atoms with Crippen LogP contribution < -0.4 is 19.5 Å². The average molecular weight is 608 g/mol. The van der Waals surface area contributed by atoms with Crippen LogP contribution in [0, 0.1) is 6.92 Å². The number of anilines is 1. The van der Waals surface area contributed by atoms with E-state index in [1.54, 1.807) is 36.4 Å². The fourth-order valence-corrected chi connectivity index (χ4v) is 5.53. The van der Waals surface area contributed by atoms with Crippen molar-refractivity contribution in [3.05, 3.63) is 104 Å². The molecule has 0 spiro atoms. The van der Waals surface area contributed by atoms with Crippen molar-refractivity contribution in [2.75, 3.05) is 25.8 Å². The summed E-state index contributed by atoms with van der Waals surface area (Å²) in [6, 6.07) is 19.3. The van der Waals surface area contributed by atoms with Crippen molar-refractivity contribution in [3.8, 4) is 17.2 Å². The van der Waals surface area contributed by atoms with Gasteiger partial charge in [-0.25, -0.2) is 9.59 Å². The summed E-state index contributed by atoms with van der Waals surface area (Å²) < 4.78 is 27.0. The van der Waals surface area contributed by atoms with Gasteiger partial charge in [-0.15, -0.1) is 11.3 Å². The quantitative estimate of drug-likeness (QED) is 0.213. The summed E-state index contributed by atoms with van der Waals surface area (Å²) in [5.74, 6) is -0.318. The maximum atomic E-state index is 12.9. The van der Waals surface area contributed by atoms with Crippen LogP contribution >= 0.6 is 22.9 Å². The zero-order valence-electron chi connectivity index (χ0n) is 22.7. The molecular weight excluding hydrogens is 582 g/mol. The van der Waals surface area contributed by atoms with Gasteiger partial charge in [0, 0.05) is 9.90 Å². The van der Waals surface area contributed by atoms with Gasteiger partial charge in [0.25, 0.3) is 5.91 Å². The summed E-state index contributed by atoms with van der Waals surface area (Å²) in [6.45, 7) is 1.66. The molecule has 0 unspecified atom stereocenters. The number of hydrogen-bond donors (Lipinski definition) is 1. The van der Waals surface area contributed by atoms with Gasteiger partial charge < -0.3 is 29.0 Å². The first-order chi connectivity index (χ1) is 20.3. The third-order valence-corrected chi connectivity index (χ3v) is 7.73. The lowest BCUT2D eigenvalue weighted by atomic mass is 10.0. The highest BCUT2D eigenvalue weighted by atomic mass is 35.5. The molecule has 0 fully saturated rings. The summed E-state index contributed by atoms with van der Waals surface area (Å²) in [5, 5.41) is 3.62. The highest BCUT2D eigenvalue weighted by Crippen LogP contribution is 2.37. The Morgan fingerprint density at radius 3 is 2.48 bits per heavy atom. The topological polar surface area (TPSA) is 109 Å².